The molecule has 4 nitrogen and oxygen atoms in total. The standard InChI is InChI=1S/C11H18N2O2/c1-9(2)5-6-13-8-10(7-12-13)3-4-11(14)15/h7-9H,3-6H2,1-2H3,(H,14,15). The first kappa shape index (κ1) is 11.8. The third-order valence-corrected chi connectivity index (χ3v) is 2.25. The van der Waals surface area contributed by atoms with Crippen LogP contribution in [0.15, 0.2) is 12.4 Å². The topological polar surface area (TPSA) is 55.1 Å². The SMILES string of the molecule is CC(C)CCn1cc(CCC(=O)O)cn1. The molecule has 0 atom stereocenters. The summed E-state index contributed by atoms with van der Waals surface area (Å²) in [5.41, 5.74) is 1.00. The summed E-state index contributed by atoms with van der Waals surface area (Å²) in [4.78, 5) is 10.4. The van der Waals surface area contributed by atoms with Crippen LogP contribution in [0.5, 0.6) is 0 Å². The van der Waals surface area contributed by atoms with Crippen molar-refractivity contribution in [1.29, 1.82) is 0 Å². The van der Waals surface area contributed by atoms with E-state index in [-0.39, 0.29) is 6.42 Å². The van der Waals surface area contributed by atoms with Crippen molar-refractivity contribution < 1.29 is 9.90 Å². The Kier molecular flexibility index (Phi) is 4.34. The average molecular weight is 210 g/mol. The van der Waals surface area contributed by atoms with Gasteiger partial charge in [0, 0.05) is 19.2 Å². The summed E-state index contributed by atoms with van der Waals surface area (Å²) in [6.07, 6.45) is 5.53. The van der Waals surface area contributed by atoms with Gasteiger partial charge in [0.15, 0.2) is 0 Å². The Balaban J connectivity index is 2.38. The number of hydrogen-bond acceptors (Lipinski definition) is 2. The maximum Gasteiger partial charge on any atom is 0.303 e. The van der Waals surface area contributed by atoms with Crippen LogP contribution in [0.4, 0.5) is 0 Å². The van der Waals surface area contributed by atoms with E-state index in [0.717, 1.165) is 18.5 Å². The Labute approximate surface area is 89.9 Å². The number of aromatic nitrogens is 2. The molecule has 0 radical (unpaired) electrons. The number of aryl methyl sites for hydroxylation is 2. The highest BCUT2D eigenvalue weighted by Crippen LogP contribution is 2.05. The first-order valence-electron chi connectivity index (χ1n) is 5.31. The molecule has 0 unspecified atom stereocenters. The summed E-state index contributed by atoms with van der Waals surface area (Å²) in [5.74, 6) is -0.0957. The molecule has 0 bridgehead atoms. The van der Waals surface area contributed by atoms with Crippen molar-refractivity contribution in [3.63, 3.8) is 0 Å². The fourth-order valence-corrected chi connectivity index (χ4v) is 1.30. The number of carbonyl (C=O) groups is 1. The maximum absolute atomic E-state index is 10.4. The smallest absolute Gasteiger partial charge is 0.303 e. The molecule has 1 rings (SSSR count). The van der Waals surface area contributed by atoms with Crippen molar-refractivity contribution in [2.75, 3.05) is 0 Å². The van der Waals surface area contributed by atoms with Gasteiger partial charge in [-0.15, -0.1) is 0 Å². The summed E-state index contributed by atoms with van der Waals surface area (Å²) in [7, 11) is 0. The van der Waals surface area contributed by atoms with Crippen LogP contribution >= 0.6 is 0 Å². The van der Waals surface area contributed by atoms with E-state index in [0.29, 0.717) is 12.3 Å². The van der Waals surface area contributed by atoms with E-state index in [1.165, 1.54) is 0 Å². The van der Waals surface area contributed by atoms with E-state index in [9.17, 15) is 4.79 Å². The van der Waals surface area contributed by atoms with Gasteiger partial charge in [-0.3, -0.25) is 9.48 Å². The van der Waals surface area contributed by atoms with Crippen LogP contribution in [0.3, 0.4) is 0 Å². The Morgan fingerprint density at radius 1 is 1.60 bits per heavy atom. The highest BCUT2D eigenvalue weighted by atomic mass is 16.4. The van der Waals surface area contributed by atoms with E-state index in [4.69, 9.17) is 5.11 Å². The number of carboxylic acids is 1. The second-order valence-corrected chi connectivity index (χ2v) is 4.19. The minimum Gasteiger partial charge on any atom is -0.481 e. The molecule has 0 aromatic carbocycles. The van der Waals surface area contributed by atoms with Crippen LogP contribution < -0.4 is 0 Å². The summed E-state index contributed by atoms with van der Waals surface area (Å²) in [6, 6.07) is 0. The summed E-state index contributed by atoms with van der Waals surface area (Å²) in [6.45, 7) is 5.26. The molecule has 84 valence electrons. The highest BCUT2D eigenvalue weighted by Gasteiger charge is 2.02. The van der Waals surface area contributed by atoms with Crippen LogP contribution in [0.25, 0.3) is 0 Å². The maximum atomic E-state index is 10.4. The first-order valence-corrected chi connectivity index (χ1v) is 5.31. The molecule has 4 heteroatoms. The lowest BCUT2D eigenvalue weighted by Crippen LogP contribution is -2.01. The third-order valence-electron chi connectivity index (χ3n) is 2.25. The monoisotopic (exact) mass is 210 g/mol. The van der Waals surface area contributed by atoms with Gasteiger partial charge in [0.2, 0.25) is 0 Å². The van der Waals surface area contributed by atoms with Gasteiger partial charge in [-0.2, -0.15) is 5.10 Å². The first-order chi connectivity index (χ1) is 7.08. The van der Waals surface area contributed by atoms with Gasteiger partial charge in [-0.25, -0.2) is 0 Å². The van der Waals surface area contributed by atoms with Crippen LogP contribution in [0.2, 0.25) is 0 Å². The van der Waals surface area contributed by atoms with Gasteiger partial charge in [0.25, 0.3) is 0 Å². The number of aliphatic carboxylic acids is 1. The van der Waals surface area contributed by atoms with Gasteiger partial charge in [-0.1, -0.05) is 13.8 Å². The van der Waals surface area contributed by atoms with Gasteiger partial charge in [-0.05, 0) is 24.3 Å². The Morgan fingerprint density at radius 2 is 2.33 bits per heavy atom. The van der Waals surface area contributed by atoms with E-state index in [2.05, 4.69) is 18.9 Å². The van der Waals surface area contributed by atoms with Gasteiger partial charge in [0.05, 0.1) is 6.20 Å². The lowest BCUT2D eigenvalue weighted by Gasteiger charge is -2.03. The molecule has 0 spiro atoms. The molecule has 0 aliphatic rings. The number of rotatable bonds is 6. The molecule has 0 aliphatic heterocycles. The molecule has 1 aromatic rings. The highest BCUT2D eigenvalue weighted by molar-refractivity contribution is 5.67. The molecule has 0 fully saturated rings. The van der Waals surface area contributed by atoms with Gasteiger partial charge < -0.3 is 5.11 Å². The normalized spacial score (nSPS) is 10.9. The molecular formula is C11H18N2O2. The Hall–Kier alpha value is -1.32. The van der Waals surface area contributed by atoms with Crippen LogP contribution in [-0.4, -0.2) is 20.9 Å². The predicted octanol–water partition coefficient (Wildman–Crippen LogP) is 1.95. The average Bonchev–Trinajstić information content (AvgIpc) is 2.59. The minimum atomic E-state index is -0.759. The molecule has 0 amide bonds. The van der Waals surface area contributed by atoms with Crippen LogP contribution in [0, 0.1) is 5.92 Å². The fourth-order valence-electron chi connectivity index (χ4n) is 1.30. The largest absolute Gasteiger partial charge is 0.481 e. The summed E-state index contributed by atoms with van der Waals surface area (Å²) in [5, 5.41) is 12.7. The molecule has 15 heavy (non-hydrogen) atoms. The molecule has 1 N–H and O–H groups in total. The molecule has 1 heterocycles. The van der Waals surface area contributed by atoms with Gasteiger partial charge >= 0.3 is 5.97 Å². The van der Waals surface area contributed by atoms with Crippen LogP contribution in [0.1, 0.15) is 32.3 Å². The van der Waals surface area contributed by atoms with E-state index < -0.39 is 5.97 Å². The molecular weight excluding hydrogens is 192 g/mol. The van der Waals surface area contributed by atoms with Crippen LogP contribution in [-0.2, 0) is 17.8 Å². The second-order valence-electron chi connectivity index (χ2n) is 4.19. The van der Waals surface area contributed by atoms with Crippen molar-refractivity contribution in [2.24, 2.45) is 5.92 Å². The van der Waals surface area contributed by atoms with Crippen molar-refractivity contribution in [2.45, 2.75) is 39.7 Å². The zero-order valence-electron chi connectivity index (χ0n) is 9.31. The minimum absolute atomic E-state index is 0.176. The zero-order valence-corrected chi connectivity index (χ0v) is 9.31. The van der Waals surface area contributed by atoms with E-state index in [1.54, 1.807) is 6.20 Å². The second kappa shape index (κ2) is 5.53. The zero-order chi connectivity index (χ0) is 11.3. The van der Waals surface area contributed by atoms with Crippen molar-refractivity contribution in [3.8, 4) is 0 Å². The quantitative estimate of drug-likeness (QED) is 0.780. The predicted molar refractivity (Wildman–Crippen MR) is 57.6 cm³/mol. The lowest BCUT2D eigenvalue weighted by atomic mass is 10.1. The Morgan fingerprint density at radius 3 is 2.93 bits per heavy atom. The van der Waals surface area contributed by atoms with Crippen molar-refractivity contribution >= 4 is 5.97 Å². The number of carboxylic acid groups (broad SMARTS) is 1. The molecule has 0 saturated carbocycles. The third kappa shape index (κ3) is 4.63. The van der Waals surface area contributed by atoms with E-state index in [1.807, 2.05) is 10.9 Å². The Bertz CT molecular complexity index is 318. The number of nitrogens with zero attached hydrogens (tertiary/aromatic N) is 2. The summed E-state index contributed by atoms with van der Waals surface area (Å²) < 4.78 is 1.89. The molecule has 1 aromatic heterocycles. The fraction of sp³-hybridized carbons (Fsp3) is 0.636. The lowest BCUT2D eigenvalue weighted by molar-refractivity contribution is -0.136. The number of hydrogen-bond donors (Lipinski definition) is 1. The van der Waals surface area contributed by atoms with E-state index >= 15 is 0 Å². The van der Waals surface area contributed by atoms with Gasteiger partial charge in [0.1, 0.15) is 0 Å². The summed E-state index contributed by atoms with van der Waals surface area (Å²) >= 11 is 0. The molecule has 0 aliphatic carbocycles. The van der Waals surface area contributed by atoms with Crippen molar-refractivity contribution in [1.82, 2.24) is 9.78 Å². The van der Waals surface area contributed by atoms with Crippen molar-refractivity contribution in [3.05, 3.63) is 18.0 Å². The molecule has 0 saturated heterocycles.